The Morgan fingerprint density at radius 1 is 1.00 bits per heavy atom. The molecule has 3 aromatic rings. The molecule has 0 N–H and O–H groups in total. The molecule has 4 rings (SSSR count). The molecule has 1 aliphatic rings. The molecule has 0 unspecified atom stereocenters. The zero-order chi connectivity index (χ0) is 11.9. The molecule has 0 saturated heterocycles. The van der Waals surface area contributed by atoms with Gasteiger partial charge in [-0.3, -0.25) is 4.99 Å². The smallest absolute Gasteiger partial charge is 0.159 e. The Labute approximate surface area is 104 Å². The first-order valence-corrected chi connectivity index (χ1v) is 6.10. The van der Waals surface area contributed by atoms with E-state index in [4.69, 9.17) is 4.42 Å². The molecule has 3 nitrogen and oxygen atoms in total. The number of para-hydroxylation sites is 2. The van der Waals surface area contributed by atoms with Gasteiger partial charge in [0.1, 0.15) is 5.58 Å². The van der Waals surface area contributed by atoms with E-state index in [1.54, 1.807) is 0 Å². The maximum Gasteiger partial charge on any atom is 0.159 e. The van der Waals surface area contributed by atoms with E-state index in [2.05, 4.69) is 34.2 Å². The van der Waals surface area contributed by atoms with Gasteiger partial charge in [-0.05, 0) is 12.1 Å². The van der Waals surface area contributed by atoms with E-state index >= 15 is 0 Å². The van der Waals surface area contributed by atoms with Gasteiger partial charge in [-0.15, -0.1) is 0 Å². The van der Waals surface area contributed by atoms with Gasteiger partial charge in [0.25, 0.3) is 0 Å². The van der Waals surface area contributed by atoms with Gasteiger partial charge >= 0.3 is 0 Å². The minimum Gasteiger partial charge on any atom is -0.454 e. The molecule has 0 spiro atoms. The number of furan rings is 1. The number of nitrogens with zero attached hydrogens (tertiary/aromatic N) is 2. The predicted octanol–water partition coefficient (Wildman–Crippen LogP) is 3.43. The summed E-state index contributed by atoms with van der Waals surface area (Å²) in [6.07, 6.45) is 1.89. The van der Waals surface area contributed by atoms with Crippen molar-refractivity contribution in [2.24, 2.45) is 4.99 Å². The summed E-state index contributed by atoms with van der Waals surface area (Å²) in [5.74, 6) is 0. The molecule has 0 saturated carbocycles. The molecule has 1 aliphatic heterocycles. The van der Waals surface area contributed by atoms with Crippen LogP contribution in [-0.2, 0) is 0 Å². The lowest BCUT2D eigenvalue weighted by Crippen LogP contribution is -2.18. The van der Waals surface area contributed by atoms with Crippen molar-refractivity contribution in [3.05, 3.63) is 42.5 Å². The molecule has 0 bridgehead atoms. The standard InChI is InChI=1S/C15H12N2O/c1-2-7-14-11(4-1)12-5-3-6-13(15(12)18-14)17-9-8-16-10-17/h1-7,10H,8-9H2. The number of benzene rings is 2. The third-order valence-corrected chi connectivity index (χ3v) is 3.38. The van der Waals surface area contributed by atoms with Crippen molar-refractivity contribution in [2.75, 3.05) is 18.0 Å². The van der Waals surface area contributed by atoms with Crippen LogP contribution in [0.1, 0.15) is 0 Å². The fourth-order valence-electron chi connectivity index (χ4n) is 2.52. The van der Waals surface area contributed by atoms with Crippen molar-refractivity contribution in [2.45, 2.75) is 0 Å². The summed E-state index contributed by atoms with van der Waals surface area (Å²) in [5.41, 5.74) is 2.99. The fourth-order valence-corrected chi connectivity index (χ4v) is 2.52. The van der Waals surface area contributed by atoms with Gasteiger partial charge in [-0.25, -0.2) is 0 Å². The maximum atomic E-state index is 5.99. The predicted molar refractivity (Wildman–Crippen MR) is 74.4 cm³/mol. The quantitative estimate of drug-likeness (QED) is 0.647. The van der Waals surface area contributed by atoms with Crippen LogP contribution in [0.2, 0.25) is 0 Å². The first kappa shape index (κ1) is 9.71. The molecule has 3 heteroatoms. The molecule has 0 amide bonds. The highest BCUT2D eigenvalue weighted by Crippen LogP contribution is 2.34. The summed E-state index contributed by atoms with van der Waals surface area (Å²) in [4.78, 5) is 6.40. The number of fused-ring (bicyclic) bond motifs is 3. The normalized spacial score (nSPS) is 15.0. The van der Waals surface area contributed by atoms with E-state index in [1.807, 2.05) is 24.5 Å². The molecule has 2 heterocycles. The summed E-state index contributed by atoms with van der Waals surface area (Å²) in [6, 6.07) is 14.4. The molecule has 0 fully saturated rings. The summed E-state index contributed by atoms with van der Waals surface area (Å²) in [5, 5.41) is 2.34. The Morgan fingerprint density at radius 2 is 1.89 bits per heavy atom. The van der Waals surface area contributed by atoms with Gasteiger partial charge in [-0.2, -0.15) is 0 Å². The van der Waals surface area contributed by atoms with Crippen LogP contribution in [0.4, 0.5) is 5.69 Å². The minimum atomic E-state index is 0.858. The average Bonchev–Trinajstić information content (AvgIpc) is 3.05. The first-order chi connectivity index (χ1) is 8.93. The summed E-state index contributed by atoms with van der Waals surface area (Å²) >= 11 is 0. The zero-order valence-electron chi connectivity index (χ0n) is 9.84. The number of hydrogen-bond donors (Lipinski definition) is 0. The molecule has 88 valence electrons. The molecule has 0 radical (unpaired) electrons. The lowest BCUT2D eigenvalue weighted by Gasteiger charge is -2.13. The third kappa shape index (κ3) is 1.27. The Hall–Kier alpha value is -2.29. The Balaban J connectivity index is 2.06. The molecule has 18 heavy (non-hydrogen) atoms. The highest BCUT2D eigenvalue weighted by molar-refractivity contribution is 6.10. The van der Waals surface area contributed by atoms with Crippen molar-refractivity contribution in [1.29, 1.82) is 0 Å². The molecular weight excluding hydrogens is 224 g/mol. The topological polar surface area (TPSA) is 28.7 Å². The van der Waals surface area contributed by atoms with Gasteiger partial charge < -0.3 is 9.32 Å². The van der Waals surface area contributed by atoms with Crippen molar-refractivity contribution in [3.63, 3.8) is 0 Å². The van der Waals surface area contributed by atoms with E-state index in [-0.39, 0.29) is 0 Å². The maximum absolute atomic E-state index is 5.99. The largest absolute Gasteiger partial charge is 0.454 e. The molecular formula is C15H12N2O. The average molecular weight is 236 g/mol. The van der Waals surface area contributed by atoms with Crippen LogP contribution in [0.5, 0.6) is 0 Å². The van der Waals surface area contributed by atoms with Gasteiger partial charge in [-0.1, -0.05) is 30.3 Å². The summed E-state index contributed by atoms with van der Waals surface area (Å²) < 4.78 is 5.99. The van der Waals surface area contributed by atoms with Crippen LogP contribution in [-0.4, -0.2) is 19.4 Å². The number of rotatable bonds is 1. The van der Waals surface area contributed by atoms with Crippen LogP contribution in [0.25, 0.3) is 21.9 Å². The van der Waals surface area contributed by atoms with Crippen molar-refractivity contribution < 1.29 is 4.42 Å². The van der Waals surface area contributed by atoms with Crippen LogP contribution >= 0.6 is 0 Å². The van der Waals surface area contributed by atoms with E-state index in [0.29, 0.717) is 0 Å². The summed E-state index contributed by atoms with van der Waals surface area (Å²) in [6.45, 7) is 1.78. The van der Waals surface area contributed by atoms with Crippen LogP contribution in [0.3, 0.4) is 0 Å². The second-order valence-corrected chi connectivity index (χ2v) is 4.47. The monoisotopic (exact) mass is 236 g/mol. The van der Waals surface area contributed by atoms with Crippen molar-refractivity contribution in [1.82, 2.24) is 0 Å². The van der Waals surface area contributed by atoms with Crippen LogP contribution in [0.15, 0.2) is 51.9 Å². The number of anilines is 1. The Morgan fingerprint density at radius 3 is 2.78 bits per heavy atom. The highest BCUT2D eigenvalue weighted by Gasteiger charge is 2.15. The second kappa shape index (κ2) is 3.60. The van der Waals surface area contributed by atoms with Crippen molar-refractivity contribution >= 4 is 34.0 Å². The molecule has 0 aliphatic carbocycles. The Kier molecular flexibility index (Phi) is 1.94. The molecule has 1 aromatic heterocycles. The van der Waals surface area contributed by atoms with Crippen LogP contribution < -0.4 is 4.90 Å². The number of hydrogen-bond acceptors (Lipinski definition) is 3. The van der Waals surface area contributed by atoms with E-state index in [1.165, 1.54) is 10.8 Å². The van der Waals surface area contributed by atoms with E-state index in [9.17, 15) is 0 Å². The zero-order valence-corrected chi connectivity index (χ0v) is 9.84. The van der Waals surface area contributed by atoms with Crippen LogP contribution in [0, 0.1) is 0 Å². The van der Waals surface area contributed by atoms with E-state index in [0.717, 1.165) is 29.9 Å². The van der Waals surface area contributed by atoms with E-state index < -0.39 is 0 Å². The van der Waals surface area contributed by atoms with Gasteiger partial charge in [0.2, 0.25) is 0 Å². The Bertz CT molecular complexity index is 757. The fraction of sp³-hybridized carbons (Fsp3) is 0.133. The van der Waals surface area contributed by atoms with Gasteiger partial charge in [0, 0.05) is 17.3 Å². The molecule has 0 atom stereocenters. The molecule has 2 aromatic carbocycles. The van der Waals surface area contributed by atoms with Gasteiger partial charge in [0.05, 0.1) is 18.6 Å². The van der Waals surface area contributed by atoms with Crippen molar-refractivity contribution in [3.8, 4) is 0 Å². The lowest BCUT2D eigenvalue weighted by atomic mass is 10.1. The second-order valence-electron chi connectivity index (χ2n) is 4.47. The lowest BCUT2D eigenvalue weighted by molar-refractivity contribution is 0.668. The third-order valence-electron chi connectivity index (χ3n) is 3.38. The minimum absolute atomic E-state index is 0.858. The summed E-state index contributed by atoms with van der Waals surface area (Å²) in [7, 11) is 0. The SMILES string of the molecule is C1=NCCN1c1cccc2c1oc1ccccc12. The number of aliphatic imine (C=N–C) groups is 1. The highest BCUT2D eigenvalue weighted by atomic mass is 16.3. The van der Waals surface area contributed by atoms with Gasteiger partial charge in [0.15, 0.2) is 5.58 Å². The first-order valence-electron chi connectivity index (χ1n) is 6.10.